The Kier molecular flexibility index (Phi) is 6.09. The van der Waals surface area contributed by atoms with Crippen molar-refractivity contribution in [2.75, 3.05) is 38.0 Å². The lowest BCUT2D eigenvalue weighted by atomic mass is 10.2. The highest BCUT2D eigenvalue weighted by atomic mass is 32.2. The topological polar surface area (TPSA) is 70.9 Å². The molecule has 0 bridgehead atoms. The number of anilines is 1. The summed E-state index contributed by atoms with van der Waals surface area (Å²) in [7, 11) is -3.45. The summed E-state index contributed by atoms with van der Waals surface area (Å²) in [5.41, 5.74) is 0.555. The van der Waals surface area contributed by atoms with Gasteiger partial charge in [-0.1, -0.05) is 6.07 Å². The molecule has 1 aromatic carbocycles. The third-order valence-corrected chi connectivity index (χ3v) is 6.94. The smallest absolute Gasteiger partial charge is 0.279 e. The number of carbonyl (C=O) groups excluding carboxylic acids is 1. The minimum atomic E-state index is -3.45. The molecule has 2 fully saturated rings. The number of likely N-dealkylation sites (tertiary alicyclic amines) is 1. The first-order chi connectivity index (χ1) is 12.1. The van der Waals surface area contributed by atoms with Crippen LogP contribution in [-0.4, -0.2) is 51.4 Å². The second kappa shape index (κ2) is 8.29. The Hall–Kier alpha value is -1.44. The van der Waals surface area contributed by atoms with Gasteiger partial charge in [-0.05, 0) is 56.7 Å². The predicted molar refractivity (Wildman–Crippen MR) is 97.1 cm³/mol. The monoisotopic (exact) mass is 366 g/mol. The van der Waals surface area contributed by atoms with E-state index in [4.69, 9.17) is 0 Å². The average Bonchev–Trinajstić information content (AvgIpc) is 3.02. The van der Waals surface area contributed by atoms with E-state index in [1.165, 1.54) is 34.9 Å². The lowest BCUT2D eigenvalue weighted by Crippen LogP contribution is -3.12. The number of sulfonamides is 1. The summed E-state index contributed by atoms with van der Waals surface area (Å²) in [6.45, 7) is 3.69. The van der Waals surface area contributed by atoms with E-state index in [-0.39, 0.29) is 10.8 Å². The Bertz CT molecular complexity index is 691. The number of hydrogen-bond donors (Lipinski definition) is 2. The van der Waals surface area contributed by atoms with Crippen molar-refractivity contribution < 1.29 is 18.1 Å². The normalized spacial score (nSPS) is 20.3. The Balaban J connectivity index is 1.64. The molecule has 2 heterocycles. The van der Waals surface area contributed by atoms with Gasteiger partial charge in [0.05, 0.1) is 18.0 Å². The lowest BCUT2D eigenvalue weighted by molar-refractivity contribution is -0.890. The van der Waals surface area contributed by atoms with Crippen molar-refractivity contribution in [1.82, 2.24) is 4.31 Å². The summed E-state index contributed by atoms with van der Waals surface area (Å²) in [5.74, 6) is -0.0485. The second-order valence-electron chi connectivity index (χ2n) is 7.03. The molecular formula is C18H28N3O3S+. The molecular weight excluding hydrogens is 338 g/mol. The summed E-state index contributed by atoms with van der Waals surface area (Å²) in [6.07, 6.45) is 6.67. The van der Waals surface area contributed by atoms with Crippen LogP contribution in [-0.2, 0) is 14.8 Å². The Morgan fingerprint density at radius 3 is 2.40 bits per heavy atom. The van der Waals surface area contributed by atoms with E-state index in [0.29, 0.717) is 25.3 Å². The van der Waals surface area contributed by atoms with Crippen molar-refractivity contribution in [2.24, 2.45) is 0 Å². The van der Waals surface area contributed by atoms with Crippen molar-refractivity contribution in [3.63, 3.8) is 0 Å². The van der Waals surface area contributed by atoms with Crippen LogP contribution in [0, 0.1) is 0 Å². The quantitative estimate of drug-likeness (QED) is 0.812. The molecule has 2 aliphatic heterocycles. The zero-order chi connectivity index (χ0) is 17.7. The van der Waals surface area contributed by atoms with Crippen molar-refractivity contribution >= 4 is 21.6 Å². The highest BCUT2D eigenvalue weighted by molar-refractivity contribution is 7.89. The van der Waals surface area contributed by atoms with Gasteiger partial charge < -0.3 is 10.2 Å². The fourth-order valence-corrected chi connectivity index (χ4v) is 5.21. The van der Waals surface area contributed by atoms with Crippen molar-refractivity contribution in [3.05, 3.63) is 24.3 Å². The first kappa shape index (κ1) is 18.4. The molecule has 25 heavy (non-hydrogen) atoms. The van der Waals surface area contributed by atoms with Crippen LogP contribution in [0.25, 0.3) is 0 Å². The Morgan fingerprint density at radius 2 is 1.72 bits per heavy atom. The number of quaternary nitrogens is 1. The minimum absolute atomic E-state index is 0.0485. The van der Waals surface area contributed by atoms with Gasteiger partial charge in [-0.25, -0.2) is 8.42 Å². The number of benzene rings is 1. The van der Waals surface area contributed by atoms with Crippen LogP contribution in [0.3, 0.4) is 0 Å². The molecule has 0 aliphatic carbocycles. The van der Waals surface area contributed by atoms with Crippen LogP contribution in [0.1, 0.15) is 38.5 Å². The summed E-state index contributed by atoms with van der Waals surface area (Å²) in [6, 6.07) is 6.61. The summed E-state index contributed by atoms with van der Waals surface area (Å²) < 4.78 is 26.8. The minimum Gasteiger partial charge on any atom is -0.327 e. The molecule has 0 unspecified atom stereocenters. The summed E-state index contributed by atoms with van der Waals surface area (Å²) in [5, 5.41) is 2.87. The summed E-state index contributed by atoms with van der Waals surface area (Å²) >= 11 is 0. The first-order valence-electron chi connectivity index (χ1n) is 9.29. The molecule has 3 rings (SSSR count). The van der Waals surface area contributed by atoms with E-state index in [1.54, 1.807) is 24.3 Å². The van der Waals surface area contributed by atoms with Gasteiger partial charge in [0.2, 0.25) is 10.0 Å². The summed E-state index contributed by atoms with van der Waals surface area (Å²) in [4.78, 5) is 13.9. The first-order valence-corrected chi connectivity index (χ1v) is 10.7. The zero-order valence-corrected chi connectivity index (χ0v) is 15.5. The van der Waals surface area contributed by atoms with Gasteiger partial charge in [0, 0.05) is 18.8 Å². The van der Waals surface area contributed by atoms with Gasteiger partial charge in [0.25, 0.3) is 5.91 Å². The molecule has 138 valence electrons. The highest BCUT2D eigenvalue weighted by Crippen LogP contribution is 2.23. The number of rotatable bonds is 5. The van der Waals surface area contributed by atoms with Gasteiger partial charge in [0.1, 0.15) is 0 Å². The third kappa shape index (κ3) is 4.80. The number of nitrogens with zero attached hydrogens (tertiary/aromatic N) is 1. The maximum absolute atomic E-state index is 12.6. The molecule has 0 spiro atoms. The molecule has 1 amide bonds. The van der Waals surface area contributed by atoms with Gasteiger partial charge >= 0.3 is 0 Å². The van der Waals surface area contributed by atoms with E-state index in [0.717, 1.165) is 25.9 Å². The lowest BCUT2D eigenvalue weighted by Gasteiger charge is -2.17. The number of amides is 1. The zero-order valence-electron chi connectivity index (χ0n) is 14.7. The van der Waals surface area contributed by atoms with Gasteiger partial charge in [0.15, 0.2) is 6.54 Å². The standard InChI is InChI=1S/C18H27N3O3S/c22-18(15-20-10-3-1-2-4-11-20)19-16-8-7-9-17(14-16)25(23,24)21-12-5-6-13-21/h7-9,14H,1-6,10-13,15H2,(H,19,22)/p+1. The van der Waals surface area contributed by atoms with E-state index in [1.807, 2.05) is 0 Å². The van der Waals surface area contributed by atoms with Crippen molar-refractivity contribution in [3.8, 4) is 0 Å². The Labute approximate surface area is 150 Å². The fraction of sp³-hybridized carbons (Fsp3) is 0.611. The number of hydrogen-bond acceptors (Lipinski definition) is 3. The van der Waals surface area contributed by atoms with Gasteiger partial charge in [-0.3, -0.25) is 4.79 Å². The second-order valence-corrected chi connectivity index (χ2v) is 8.97. The molecule has 7 heteroatoms. The highest BCUT2D eigenvalue weighted by Gasteiger charge is 2.27. The predicted octanol–water partition coefficient (Wildman–Crippen LogP) is 0.869. The van der Waals surface area contributed by atoms with Crippen molar-refractivity contribution in [1.29, 1.82) is 0 Å². The van der Waals surface area contributed by atoms with E-state index >= 15 is 0 Å². The molecule has 0 radical (unpaired) electrons. The van der Waals surface area contributed by atoms with Crippen LogP contribution in [0.2, 0.25) is 0 Å². The maximum atomic E-state index is 12.6. The SMILES string of the molecule is O=C(C[NH+]1CCCCCC1)Nc1cccc(S(=O)(=O)N2CCCC2)c1. The van der Waals surface area contributed by atoms with Crippen molar-refractivity contribution in [2.45, 2.75) is 43.4 Å². The van der Waals surface area contributed by atoms with Gasteiger partial charge in [-0.15, -0.1) is 0 Å². The van der Waals surface area contributed by atoms with Crippen LogP contribution in [0.15, 0.2) is 29.2 Å². The van der Waals surface area contributed by atoms with Gasteiger partial charge in [-0.2, -0.15) is 4.31 Å². The number of nitrogens with one attached hydrogen (secondary N) is 2. The van der Waals surface area contributed by atoms with Crippen LogP contribution >= 0.6 is 0 Å². The number of carbonyl (C=O) groups is 1. The maximum Gasteiger partial charge on any atom is 0.279 e. The van der Waals surface area contributed by atoms with Crippen LogP contribution in [0.4, 0.5) is 5.69 Å². The van der Waals surface area contributed by atoms with E-state index in [2.05, 4.69) is 5.32 Å². The molecule has 1 aromatic rings. The molecule has 2 N–H and O–H groups in total. The average molecular weight is 367 g/mol. The molecule has 2 saturated heterocycles. The molecule has 0 saturated carbocycles. The van der Waals surface area contributed by atoms with Crippen LogP contribution in [0.5, 0.6) is 0 Å². The largest absolute Gasteiger partial charge is 0.327 e. The van der Waals surface area contributed by atoms with Crippen LogP contribution < -0.4 is 10.2 Å². The third-order valence-electron chi connectivity index (χ3n) is 5.04. The molecule has 6 nitrogen and oxygen atoms in total. The Morgan fingerprint density at radius 1 is 1.04 bits per heavy atom. The molecule has 0 atom stereocenters. The molecule has 2 aliphatic rings. The van der Waals surface area contributed by atoms with E-state index < -0.39 is 10.0 Å². The van der Waals surface area contributed by atoms with E-state index in [9.17, 15) is 13.2 Å². The molecule has 0 aromatic heterocycles. The fourth-order valence-electron chi connectivity index (χ4n) is 3.65.